The fourth-order valence-corrected chi connectivity index (χ4v) is 6.20. The SMILES string of the molecule is CC(=O)N1c2ccc(S(=O)(=O)N3CCC[C@H]3C(=O)Nc3cccc(C)n3)cc2C[C@H]1C. The Kier molecular flexibility index (Phi) is 5.57. The fraction of sp³-hybridized carbons (Fsp3) is 0.409. The Balaban J connectivity index is 1.59. The van der Waals surface area contributed by atoms with Crippen molar-refractivity contribution < 1.29 is 18.0 Å². The summed E-state index contributed by atoms with van der Waals surface area (Å²) >= 11 is 0. The first-order valence-electron chi connectivity index (χ1n) is 10.4. The van der Waals surface area contributed by atoms with E-state index < -0.39 is 16.1 Å². The Morgan fingerprint density at radius 3 is 2.68 bits per heavy atom. The molecule has 1 fully saturated rings. The van der Waals surface area contributed by atoms with Crippen molar-refractivity contribution in [2.24, 2.45) is 0 Å². The Bertz CT molecular complexity index is 1150. The summed E-state index contributed by atoms with van der Waals surface area (Å²) in [6.07, 6.45) is 1.66. The van der Waals surface area contributed by atoms with Crippen molar-refractivity contribution >= 4 is 33.3 Å². The van der Waals surface area contributed by atoms with E-state index in [4.69, 9.17) is 0 Å². The zero-order chi connectivity index (χ0) is 22.3. The number of carbonyl (C=O) groups is 2. The van der Waals surface area contributed by atoms with Crippen LogP contribution in [0.4, 0.5) is 11.5 Å². The summed E-state index contributed by atoms with van der Waals surface area (Å²) in [5, 5.41) is 2.74. The molecular formula is C22H26N4O4S. The summed E-state index contributed by atoms with van der Waals surface area (Å²) in [6.45, 7) is 5.56. The highest BCUT2D eigenvalue weighted by atomic mass is 32.2. The monoisotopic (exact) mass is 442 g/mol. The highest BCUT2D eigenvalue weighted by molar-refractivity contribution is 7.89. The lowest BCUT2D eigenvalue weighted by Gasteiger charge is -2.24. The lowest BCUT2D eigenvalue weighted by Crippen LogP contribution is -2.43. The molecule has 1 N–H and O–H groups in total. The highest BCUT2D eigenvalue weighted by Crippen LogP contribution is 2.35. The van der Waals surface area contributed by atoms with E-state index in [1.807, 2.05) is 19.9 Å². The number of hydrogen-bond donors (Lipinski definition) is 1. The quantitative estimate of drug-likeness (QED) is 0.784. The summed E-state index contributed by atoms with van der Waals surface area (Å²) in [5.41, 5.74) is 2.34. The molecule has 0 bridgehead atoms. The molecule has 31 heavy (non-hydrogen) atoms. The minimum Gasteiger partial charge on any atom is -0.309 e. The van der Waals surface area contributed by atoms with E-state index in [9.17, 15) is 18.0 Å². The van der Waals surface area contributed by atoms with Gasteiger partial charge in [-0.3, -0.25) is 9.59 Å². The van der Waals surface area contributed by atoms with Gasteiger partial charge >= 0.3 is 0 Å². The molecule has 0 aliphatic carbocycles. The molecule has 3 heterocycles. The number of benzene rings is 1. The molecule has 8 nitrogen and oxygen atoms in total. The number of aromatic nitrogens is 1. The van der Waals surface area contributed by atoms with Crippen molar-refractivity contribution in [3.05, 3.63) is 47.7 Å². The van der Waals surface area contributed by atoms with Crippen molar-refractivity contribution in [3.63, 3.8) is 0 Å². The summed E-state index contributed by atoms with van der Waals surface area (Å²) in [4.78, 5) is 30.9. The number of rotatable bonds is 4. The van der Waals surface area contributed by atoms with E-state index in [1.165, 1.54) is 17.3 Å². The molecule has 9 heteroatoms. The molecule has 0 unspecified atom stereocenters. The van der Waals surface area contributed by atoms with Gasteiger partial charge in [0, 0.05) is 30.9 Å². The molecule has 2 aliphatic heterocycles. The maximum atomic E-state index is 13.4. The summed E-state index contributed by atoms with van der Waals surface area (Å²) in [5.74, 6) is -0.0373. The fourth-order valence-electron chi connectivity index (χ4n) is 4.50. The van der Waals surface area contributed by atoms with Crippen molar-refractivity contribution in [2.45, 2.75) is 57.0 Å². The second kappa shape index (κ2) is 8.05. The van der Waals surface area contributed by atoms with Crippen LogP contribution < -0.4 is 10.2 Å². The molecule has 1 aromatic heterocycles. The largest absolute Gasteiger partial charge is 0.309 e. The summed E-state index contributed by atoms with van der Waals surface area (Å²) < 4.78 is 28.1. The summed E-state index contributed by atoms with van der Waals surface area (Å²) in [7, 11) is -3.86. The molecule has 2 atom stereocenters. The third kappa shape index (κ3) is 3.95. The molecule has 4 rings (SSSR count). The molecule has 1 saturated heterocycles. The second-order valence-corrected chi connectivity index (χ2v) is 10.1. The van der Waals surface area contributed by atoms with Crippen molar-refractivity contribution in [2.75, 3.05) is 16.8 Å². The number of nitrogens with zero attached hydrogens (tertiary/aromatic N) is 3. The molecule has 0 spiro atoms. The molecule has 2 aliphatic rings. The van der Waals surface area contributed by atoms with Crippen LogP contribution in [0.2, 0.25) is 0 Å². The van der Waals surface area contributed by atoms with E-state index in [1.54, 1.807) is 29.2 Å². The number of pyridine rings is 1. The Morgan fingerprint density at radius 1 is 1.19 bits per heavy atom. The molecule has 1 aromatic carbocycles. The summed E-state index contributed by atoms with van der Waals surface area (Å²) in [6, 6.07) is 9.35. The van der Waals surface area contributed by atoms with E-state index >= 15 is 0 Å². The van der Waals surface area contributed by atoms with Crippen LogP contribution in [0.25, 0.3) is 0 Å². The minimum atomic E-state index is -3.86. The third-order valence-electron chi connectivity index (χ3n) is 5.86. The van der Waals surface area contributed by atoms with Crippen molar-refractivity contribution in [1.29, 1.82) is 0 Å². The van der Waals surface area contributed by atoms with Gasteiger partial charge in [0.05, 0.1) is 4.90 Å². The molecule has 2 amide bonds. The van der Waals surface area contributed by atoms with E-state index in [2.05, 4.69) is 10.3 Å². The van der Waals surface area contributed by atoms with Crippen molar-refractivity contribution in [3.8, 4) is 0 Å². The third-order valence-corrected chi connectivity index (χ3v) is 7.76. The number of hydrogen-bond acceptors (Lipinski definition) is 5. The highest BCUT2D eigenvalue weighted by Gasteiger charge is 2.40. The smallest absolute Gasteiger partial charge is 0.243 e. The van der Waals surface area contributed by atoms with Gasteiger partial charge < -0.3 is 10.2 Å². The normalized spacial score (nSPS) is 21.2. The number of anilines is 2. The van der Waals surface area contributed by atoms with Crippen LogP contribution >= 0.6 is 0 Å². The van der Waals surface area contributed by atoms with Crippen LogP contribution in [-0.2, 0) is 26.0 Å². The zero-order valence-electron chi connectivity index (χ0n) is 17.8. The van der Waals surface area contributed by atoms with Gasteiger partial charge in [0.15, 0.2) is 0 Å². The Morgan fingerprint density at radius 2 is 1.97 bits per heavy atom. The van der Waals surface area contributed by atoms with Gasteiger partial charge in [0.25, 0.3) is 0 Å². The number of nitrogens with one attached hydrogen (secondary N) is 1. The standard InChI is InChI=1S/C22H26N4O4S/c1-14-6-4-8-21(23-14)24-22(28)20-7-5-11-25(20)31(29,30)18-9-10-19-17(13-18)12-15(2)26(19)16(3)27/h4,6,8-10,13,15,20H,5,7,11-12H2,1-3H3,(H,23,24,28)/t15-,20+/m1/s1. The molecule has 0 radical (unpaired) electrons. The Hall–Kier alpha value is -2.78. The minimum absolute atomic E-state index is 0.0161. The maximum absolute atomic E-state index is 13.4. The number of aryl methyl sites for hydroxylation is 1. The number of amides is 2. The lowest BCUT2D eigenvalue weighted by atomic mass is 10.1. The molecule has 0 saturated carbocycles. The predicted octanol–water partition coefficient (Wildman–Crippen LogP) is 2.48. The van der Waals surface area contributed by atoms with Gasteiger partial charge in [-0.05, 0) is 69.0 Å². The number of carbonyl (C=O) groups excluding carboxylic acids is 2. The first-order chi connectivity index (χ1) is 14.7. The zero-order valence-corrected chi connectivity index (χ0v) is 18.6. The van der Waals surface area contributed by atoms with Gasteiger partial charge in [0.1, 0.15) is 11.9 Å². The van der Waals surface area contributed by atoms with Crippen LogP contribution in [0.5, 0.6) is 0 Å². The first-order valence-corrected chi connectivity index (χ1v) is 11.8. The topological polar surface area (TPSA) is 99.7 Å². The maximum Gasteiger partial charge on any atom is 0.243 e. The van der Waals surface area contributed by atoms with Gasteiger partial charge in [-0.25, -0.2) is 13.4 Å². The van der Waals surface area contributed by atoms with Crippen LogP contribution in [0.15, 0.2) is 41.3 Å². The molecule has 164 valence electrons. The second-order valence-electron chi connectivity index (χ2n) is 8.16. The number of fused-ring (bicyclic) bond motifs is 1. The molecular weight excluding hydrogens is 416 g/mol. The van der Waals surface area contributed by atoms with Crippen LogP contribution in [0.1, 0.15) is 37.9 Å². The average molecular weight is 443 g/mol. The predicted molar refractivity (Wildman–Crippen MR) is 117 cm³/mol. The van der Waals surface area contributed by atoms with E-state index in [-0.39, 0.29) is 29.3 Å². The van der Waals surface area contributed by atoms with E-state index in [0.717, 1.165) is 16.9 Å². The van der Waals surface area contributed by atoms with Crippen LogP contribution in [-0.4, -0.2) is 48.1 Å². The van der Waals surface area contributed by atoms with Crippen molar-refractivity contribution in [1.82, 2.24) is 9.29 Å². The number of sulfonamides is 1. The molecule has 2 aromatic rings. The lowest BCUT2D eigenvalue weighted by molar-refractivity contribution is -0.119. The van der Waals surface area contributed by atoms with Crippen LogP contribution in [0, 0.1) is 6.92 Å². The Labute approximate surface area is 182 Å². The van der Waals surface area contributed by atoms with E-state index in [0.29, 0.717) is 25.1 Å². The van der Waals surface area contributed by atoms with Gasteiger partial charge in [-0.2, -0.15) is 4.31 Å². The van der Waals surface area contributed by atoms with Gasteiger partial charge in [0.2, 0.25) is 21.8 Å². The van der Waals surface area contributed by atoms with Gasteiger partial charge in [-0.15, -0.1) is 0 Å². The average Bonchev–Trinajstić information content (AvgIpc) is 3.31. The van der Waals surface area contributed by atoms with Gasteiger partial charge in [-0.1, -0.05) is 6.07 Å². The van der Waals surface area contributed by atoms with Crippen LogP contribution in [0.3, 0.4) is 0 Å². The first kappa shape index (κ1) is 21.5.